The fraction of sp³-hybridized carbons (Fsp3) is 0.550. The molecule has 4 heterocycles. The van der Waals surface area contributed by atoms with Gasteiger partial charge in [-0.05, 0) is 18.9 Å². The standard InChI is InChI=1S/C20H21ClFN4O9PS/c1-32-36(28,29)8-37(30,31)7-13-15-16(35-20(27)34-15)19(33-13)26-3-2-11-14(24-10-4-9(22)5-10)12(6-23)17(21)25-18(11)26/h2-3,9-10,13,15-16,19H,4-5,7-8H2,1H3,(H,24,25)(H,28,29)/t9?,10?,13-,15-,16-,19-/m1/s1. The van der Waals surface area contributed by atoms with Gasteiger partial charge in [-0.25, -0.2) is 22.6 Å². The van der Waals surface area contributed by atoms with Crippen molar-refractivity contribution in [2.75, 3.05) is 23.7 Å². The molecule has 37 heavy (non-hydrogen) atoms. The molecule has 0 spiro atoms. The largest absolute Gasteiger partial charge is 0.509 e. The van der Waals surface area contributed by atoms with Gasteiger partial charge in [0.15, 0.2) is 38.9 Å². The Morgan fingerprint density at radius 1 is 1.41 bits per heavy atom. The number of alkyl halides is 1. The van der Waals surface area contributed by atoms with Crippen molar-refractivity contribution >= 4 is 51.9 Å². The van der Waals surface area contributed by atoms with Crippen molar-refractivity contribution in [3.63, 3.8) is 0 Å². The topological polar surface area (TPSA) is 179 Å². The van der Waals surface area contributed by atoms with Crippen LogP contribution in [0.25, 0.3) is 11.0 Å². The van der Waals surface area contributed by atoms with Gasteiger partial charge in [0.05, 0.1) is 11.4 Å². The molecule has 5 rings (SSSR count). The van der Waals surface area contributed by atoms with Crippen molar-refractivity contribution in [2.45, 2.75) is 49.6 Å². The number of nitrogens with zero attached hydrogens (tertiary/aromatic N) is 3. The van der Waals surface area contributed by atoms with Crippen molar-refractivity contribution in [3.05, 3.63) is 23.0 Å². The number of nitrogens with one attached hydrogen (secondary N) is 1. The average Bonchev–Trinajstić information content (AvgIpc) is 3.45. The van der Waals surface area contributed by atoms with E-state index >= 15 is 0 Å². The van der Waals surface area contributed by atoms with E-state index < -0.39 is 65.5 Å². The van der Waals surface area contributed by atoms with E-state index in [4.69, 9.17) is 25.8 Å². The van der Waals surface area contributed by atoms with Crippen LogP contribution in [0.5, 0.6) is 0 Å². The number of hydrogen-bond acceptors (Lipinski definition) is 11. The third-order valence-corrected chi connectivity index (χ3v) is 11.0. The Bertz CT molecular complexity index is 1460. The summed E-state index contributed by atoms with van der Waals surface area (Å²) in [6.07, 6.45) is -4.41. The molecule has 17 heteroatoms. The van der Waals surface area contributed by atoms with Crippen LogP contribution >= 0.6 is 19.2 Å². The lowest BCUT2D eigenvalue weighted by Crippen LogP contribution is -2.36. The fourth-order valence-electron chi connectivity index (χ4n) is 4.65. The molecule has 13 nitrogen and oxygen atoms in total. The van der Waals surface area contributed by atoms with Crippen LogP contribution in [0.15, 0.2) is 12.3 Å². The van der Waals surface area contributed by atoms with Gasteiger partial charge in [0, 0.05) is 24.7 Å². The molecular weight excluding hydrogens is 558 g/mol. The summed E-state index contributed by atoms with van der Waals surface area (Å²) < 4.78 is 72.5. The Kier molecular flexibility index (Phi) is 6.62. The number of nitriles is 1. The molecule has 0 amide bonds. The van der Waals surface area contributed by atoms with E-state index in [1.54, 1.807) is 6.07 Å². The first-order chi connectivity index (χ1) is 17.4. The van der Waals surface area contributed by atoms with Crippen molar-refractivity contribution in [1.29, 1.82) is 5.26 Å². The molecule has 200 valence electrons. The Morgan fingerprint density at radius 3 is 2.76 bits per heavy atom. The van der Waals surface area contributed by atoms with Crippen LogP contribution < -0.4 is 5.32 Å². The lowest BCUT2D eigenvalue weighted by atomic mass is 9.90. The van der Waals surface area contributed by atoms with Gasteiger partial charge in [0.1, 0.15) is 29.6 Å². The van der Waals surface area contributed by atoms with Gasteiger partial charge in [-0.3, -0.25) is 4.57 Å². The van der Waals surface area contributed by atoms with Gasteiger partial charge in [0.2, 0.25) is 0 Å². The number of carbonyl (C=O) groups excluding carboxylic acids is 1. The maximum atomic E-state index is 13.4. The second-order valence-electron chi connectivity index (χ2n) is 8.97. The first kappa shape index (κ1) is 26.1. The summed E-state index contributed by atoms with van der Waals surface area (Å²) >= 11 is 6.29. The minimum atomic E-state index is -4.39. The van der Waals surface area contributed by atoms with Crippen molar-refractivity contribution in [2.24, 2.45) is 0 Å². The number of hydrogen-bond donors (Lipinski definition) is 2. The number of halogens is 2. The zero-order valence-electron chi connectivity index (χ0n) is 19.1. The van der Waals surface area contributed by atoms with Gasteiger partial charge < -0.3 is 33.5 Å². The van der Waals surface area contributed by atoms with E-state index in [0.717, 1.165) is 7.11 Å². The Labute approximate surface area is 214 Å². The van der Waals surface area contributed by atoms with E-state index in [0.29, 0.717) is 11.1 Å². The van der Waals surface area contributed by atoms with Gasteiger partial charge in [-0.15, -0.1) is 0 Å². The second kappa shape index (κ2) is 9.37. The van der Waals surface area contributed by atoms with Crippen LogP contribution in [0.4, 0.5) is 14.9 Å². The van der Waals surface area contributed by atoms with Gasteiger partial charge in [0.25, 0.3) is 0 Å². The number of ether oxygens (including phenoxy) is 3. The summed E-state index contributed by atoms with van der Waals surface area (Å²) in [6.45, 7) is 0. The van der Waals surface area contributed by atoms with Crippen molar-refractivity contribution in [3.8, 4) is 6.07 Å². The minimum absolute atomic E-state index is 0.0746. The SMILES string of the molecule is COP(=O)(O)CS(=O)(=O)C[C@H]1O[C@@H](n2ccc3c(NC4CC(F)C4)c(C#N)c(Cl)nc32)[C@@H]2OC(=O)O[C@@H]21. The molecule has 1 aliphatic carbocycles. The van der Waals surface area contributed by atoms with Gasteiger partial charge >= 0.3 is 13.8 Å². The quantitative estimate of drug-likeness (QED) is 0.266. The van der Waals surface area contributed by atoms with E-state index in [1.807, 2.05) is 6.07 Å². The molecular formula is C20H21ClFN4O9PS. The first-order valence-corrected chi connectivity index (χ1v) is 15.0. The second-order valence-corrected chi connectivity index (χ2v) is 13.8. The fourth-order valence-corrected chi connectivity index (χ4v) is 8.47. The monoisotopic (exact) mass is 578 g/mol. The molecule has 3 aliphatic rings. The smallest absolute Gasteiger partial charge is 0.424 e. The highest BCUT2D eigenvalue weighted by molar-refractivity contribution is 7.97. The highest BCUT2D eigenvalue weighted by Crippen LogP contribution is 2.45. The number of anilines is 1. The van der Waals surface area contributed by atoms with E-state index in [-0.39, 0.29) is 35.2 Å². The first-order valence-electron chi connectivity index (χ1n) is 11.0. The molecule has 3 fully saturated rings. The molecule has 2 aromatic rings. The van der Waals surface area contributed by atoms with Crippen LogP contribution in [0, 0.1) is 11.3 Å². The van der Waals surface area contributed by atoms with E-state index in [9.17, 15) is 32.3 Å². The Morgan fingerprint density at radius 2 is 2.11 bits per heavy atom. The van der Waals surface area contributed by atoms with Crippen molar-refractivity contribution < 1.29 is 45.8 Å². The molecule has 0 radical (unpaired) electrons. The number of fused-ring (bicyclic) bond motifs is 2. The van der Waals surface area contributed by atoms with E-state index in [1.165, 1.54) is 10.8 Å². The highest BCUT2D eigenvalue weighted by atomic mass is 35.5. The summed E-state index contributed by atoms with van der Waals surface area (Å²) in [5, 5.41) is 13.1. The number of pyridine rings is 1. The van der Waals surface area contributed by atoms with Gasteiger partial charge in [-0.2, -0.15) is 5.26 Å². The Hall–Kier alpha value is -2.47. The van der Waals surface area contributed by atoms with Crippen LogP contribution in [-0.2, 0) is 33.1 Å². The minimum Gasteiger partial charge on any atom is -0.424 e. The molecule has 1 unspecified atom stereocenters. The molecule has 1 saturated carbocycles. The van der Waals surface area contributed by atoms with Crippen LogP contribution in [0.3, 0.4) is 0 Å². The normalized spacial score (nSPS) is 30.6. The summed E-state index contributed by atoms with van der Waals surface area (Å²) in [5.41, 5.74) is -0.480. The lowest BCUT2D eigenvalue weighted by molar-refractivity contribution is -0.0468. The highest BCUT2D eigenvalue weighted by Gasteiger charge is 2.56. The molecule has 2 aromatic heterocycles. The summed E-state index contributed by atoms with van der Waals surface area (Å²) in [5.74, 6) is -0.750. The van der Waals surface area contributed by atoms with Crippen LogP contribution in [-0.4, -0.2) is 77.9 Å². The lowest BCUT2D eigenvalue weighted by Gasteiger charge is -2.31. The maximum Gasteiger partial charge on any atom is 0.509 e. The molecule has 2 aliphatic heterocycles. The Balaban J connectivity index is 1.48. The number of carbonyl (C=O) groups is 1. The number of sulfone groups is 1. The predicted molar refractivity (Wildman–Crippen MR) is 126 cm³/mol. The number of aromatic nitrogens is 2. The van der Waals surface area contributed by atoms with Crippen LogP contribution in [0.2, 0.25) is 5.15 Å². The van der Waals surface area contributed by atoms with Gasteiger partial charge in [-0.1, -0.05) is 11.6 Å². The van der Waals surface area contributed by atoms with E-state index in [2.05, 4.69) is 14.8 Å². The van der Waals surface area contributed by atoms with Crippen molar-refractivity contribution in [1.82, 2.24) is 9.55 Å². The third kappa shape index (κ3) is 4.89. The third-order valence-electron chi connectivity index (χ3n) is 6.45. The zero-order valence-corrected chi connectivity index (χ0v) is 21.6. The molecule has 2 saturated heterocycles. The molecule has 5 atom stereocenters. The number of rotatable bonds is 8. The molecule has 0 aromatic carbocycles. The maximum absolute atomic E-state index is 13.4. The zero-order chi connectivity index (χ0) is 26.7. The summed E-state index contributed by atoms with van der Waals surface area (Å²) in [4.78, 5) is 25.8. The van der Waals surface area contributed by atoms with Crippen LogP contribution in [0.1, 0.15) is 24.6 Å². The predicted octanol–water partition coefficient (Wildman–Crippen LogP) is 2.48. The summed E-state index contributed by atoms with van der Waals surface area (Å²) in [6, 6.07) is 3.42. The average molecular weight is 579 g/mol. The molecule has 2 N–H and O–H groups in total. The summed E-state index contributed by atoms with van der Waals surface area (Å²) in [7, 11) is -7.67. The molecule has 0 bridgehead atoms.